The first-order valence-corrected chi connectivity index (χ1v) is 8.55. The number of rotatable bonds is 8. The third kappa shape index (κ3) is 8.11. The third-order valence-electron chi connectivity index (χ3n) is 3.72. The molecule has 0 radical (unpaired) electrons. The van der Waals surface area contributed by atoms with E-state index in [9.17, 15) is 9.59 Å². The molecule has 0 saturated carbocycles. The summed E-state index contributed by atoms with van der Waals surface area (Å²) < 4.78 is 5.50. The summed E-state index contributed by atoms with van der Waals surface area (Å²) in [7, 11) is 0. The summed E-state index contributed by atoms with van der Waals surface area (Å²) in [6, 6.07) is 14.5. The predicted octanol–water partition coefficient (Wildman–Crippen LogP) is 2.44. The molecule has 0 heterocycles. The predicted molar refractivity (Wildman–Crippen MR) is 109 cm³/mol. The lowest BCUT2D eigenvalue weighted by Crippen LogP contribution is -2.39. The topological polar surface area (TPSA) is 93.5 Å². The average molecular weight is 392 g/mol. The van der Waals surface area contributed by atoms with Crippen molar-refractivity contribution >= 4 is 29.9 Å². The second kappa shape index (κ2) is 11.2. The van der Waals surface area contributed by atoms with E-state index in [1.54, 1.807) is 6.92 Å². The highest BCUT2D eigenvalue weighted by Gasteiger charge is 2.06. The van der Waals surface area contributed by atoms with E-state index >= 15 is 0 Å². The maximum Gasteiger partial charge on any atom is 0.262 e. The van der Waals surface area contributed by atoms with Crippen LogP contribution in [0.1, 0.15) is 18.1 Å². The molecule has 0 unspecified atom stereocenters. The highest BCUT2D eigenvalue weighted by molar-refractivity contribution is 5.91. The summed E-state index contributed by atoms with van der Waals surface area (Å²) in [4.78, 5) is 23.3. The number of hydrogen-bond donors (Lipinski definition) is 3. The van der Waals surface area contributed by atoms with Crippen LogP contribution in [0, 0.1) is 6.92 Å². The zero-order valence-corrected chi connectivity index (χ0v) is 16.3. The molecule has 6 nitrogen and oxygen atoms in total. The molecule has 0 bridgehead atoms. The number of aryl methyl sites for hydroxylation is 1. The Morgan fingerprint density at radius 3 is 2.48 bits per heavy atom. The van der Waals surface area contributed by atoms with Crippen molar-refractivity contribution in [2.75, 3.05) is 18.5 Å². The molecule has 0 aromatic heterocycles. The Hall–Kier alpha value is -2.57. The van der Waals surface area contributed by atoms with E-state index in [0.717, 1.165) is 16.8 Å². The molecule has 0 aliphatic heterocycles. The highest BCUT2D eigenvalue weighted by atomic mass is 35.5. The molecule has 0 aliphatic carbocycles. The number of nitrogens with one attached hydrogen (secondary N) is 2. The SMILES string of the molecule is Cc1cccc(NC(=O)COc2ccc(CCNC(=O)[C@H](C)N)cc2)c1.Cl. The van der Waals surface area contributed by atoms with Crippen molar-refractivity contribution in [3.8, 4) is 5.75 Å². The molecule has 2 amide bonds. The van der Waals surface area contributed by atoms with Crippen molar-refractivity contribution in [3.63, 3.8) is 0 Å². The van der Waals surface area contributed by atoms with Crippen molar-refractivity contribution < 1.29 is 14.3 Å². The van der Waals surface area contributed by atoms with Gasteiger partial charge in [0, 0.05) is 12.2 Å². The average Bonchev–Trinajstić information content (AvgIpc) is 2.61. The fourth-order valence-electron chi connectivity index (χ4n) is 2.31. The van der Waals surface area contributed by atoms with Crippen LogP contribution in [0.15, 0.2) is 48.5 Å². The lowest BCUT2D eigenvalue weighted by atomic mass is 10.1. The van der Waals surface area contributed by atoms with Crippen LogP contribution < -0.4 is 21.1 Å². The number of ether oxygens (including phenoxy) is 1. The van der Waals surface area contributed by atoms with Crippen LogP contribution in [0.4, 0.5) is 5.69 Å². The van der Waals surface area contributed by atoms with Gasteiger partial charge in [-0.15, -0.1) is 12.4 Å². The Kier molecular flexibility index (Phi) is 9.33. The van der Waals surface area contributed by atoms with Gasteiger partial charge in [0.2, 0.25) is 5.91 Å². The molecule has 2 rings (SSSR count). The molecular formula is C20H26ClN3O3. The second-order valence-electron chi connectivity index (χ2n) is 6.18. The third-order valence-corrected chi connectivity index (χ3v) is 3.72. The van der Waals surface area contributed by atoms with E-state index < -0.39 is 6.04 Å². The molecule has 146 valence electrons. The number of anilines is 1. The molecule has 2 aromatic rings. The molecule has 27 heavy (non-hydrogen) atoms. The van der Waals surface area contributed by atoms with Gasteiger partial charge in [-0.3, -0.25) is 9.59 Å². The Morgan fingerprint density at radius 2 is 1.85 bits per heavy atom. The molecule has 0 aliphatic rings. The first-order valence-electron chi connectivity index (χ1n) is 8.55. The molecule has 0 fully saturated rings. The van der Waals surface area contributed by atoms with Gasteiger partial charge in [-0.1, -0.05) is 24.3 Å². The van der Waals surface area contributed by atoms with Gasteiger partial charge < -0.3 is 21.1 Å². The zero-order chi connectivity index (χ0) is 18.9. The standard InChI is InChI=1S/C20H25N3O3.ClH/c1-14-4-3-5-17(12-14)23-19(24)13-26-18-8-6-16(7-9-18)10-11-22-20(25)15(2)21;/h3-9,12,15H,10-11,13,21H2,1-2H3,(H,22,25)(H,23,24);1H/t15-;/m0./s1. The summed E-state index contributed by atoms with van der Waals surface area (Å²) in [5.41, 5.74) is 8.38. The fraction of sp³-hybridized carbons (Fsp3) is 0.300. The van der Waals surface area contributed by atoms with Gasteiger partial charge in [-0.25, -0.2) is 0 Å². The monoisotopic (exact) mass is 391 g/mol. The lowest BCUT2D eigenvalue weighted by molar-refractivity contribution is -0.122. The number of carbonyl (C=O) groups is 2. The highest BCUT2D eigenvalue weighted by Crippen LogP contribution is 2.13. The van der Waals surface area contributed by atoms with Crippen molar-refractivity contribution in [2.24, 2.45) is 5.73 Å². The van der Waals surface area contributed by atoms with Gasteiger partial charge in [0.05, 0.1) is 6.04 Å². The summed E-state index contributed by atoms with van der Waals surface area (Å²) >= 11 is 0. The summed E-state index contributed by atoms with van der Waals surface area (Å²) in [6.45, 7) is 4.09. The van der Waals surface area contributed by atoms with E-state index in [-0.39, 0.29) is 30.8 Å². The fourth-order valence-corrected chi connectivity index (χ4v) is 2.31. The number of benzene rings is 2. The van der Waals surface area contributed by atoms with Crippen LogP contribution in [0.3, 0.4) is 0 Å². The van der Waals surface area contributed by atoms with Crippen molar-refractivity contribution in [1.29, 1.82) is 0 Å². The number of hydrogen-bond acceptors (Lipinski definition) is 4. The smallest absolute Gasteiger partial charge is 0.262 e. The van der Waals surface area contributed by atoms with Crippen LogP contribution in [-0.2, 0) is 16.0 Å². The van der Waals surface area contributed by atoms with Gasteiger partial charge in [0.15, 0.2) is 6.61 Å². The summed E-state index contributed by atoms with van der Waals surface area (Å²) in [5, 5.41) is 5.56. The normalized spacial score (nSPS) is 11.1. The van der Waals surface area contributed by atoms with Crippen LogP contribution in [0.25, 0.3) is 0 Å². The van der Waals surface area contributed by atoms with Crippen LogP contribution in [0.5, 0.6) is 5.75 Å². The largest absolute Gasteiger partial charge is 0.484 e. The zero-order valence-electron chi connectivity index (χ0n) is 15.5. The van der Waals surface area contributed by atoms with Gasteiger partial charge in [-0.2, -0.15) is 0 Å². The minimum Gasteiger partial charge on any atom is -0.484 e. The molecule has 0 saturated heterocycles. The maximum atomic E-state index is 11.9. The number of halogens is 1. The van der Waals surface area contributed by atoms with Gasteiger partial charge in [-0.05, 0) is 55.7 Å². The van der Waals surface area contributed by atoms with Crippen LogP contribution >= 0.6 is 12.4 Å². The van der Waals surface area contributed by atoms with E-state index in [4.69, 9.17) is 10.5 Å². The molecule has 1 atom stereocenters. The molecule has 4 N–H and O–H groups in total. The summed E-state index contributed by atoms with van der Waals surface area (Å²) in [6.07, 6.45) is 0.701. The summed E-state index contributed by atoms with van der Waals surface area (Å²) in [5.74, 6) is 0.246. The van der Waals surface area contributed by atoms with E-state index in [0.29, 0.717) is 18.7 Å². The number of nitrogens with two attached hydrogens (primary N) is 1. The van der Waals surface area contributed by atoms with Gasteiger partial charge >= 0.3 is 0 Å². The Labute approximate surface area is 165 Å². The van der Waals surface area contributed by atoms with Crippen LogP contribution in [-0.4, -0.2) is 31.0 Å². The quantitative estimate of drug-likeness (QED) is 0.644. The van der Waals surface area contributed by atoms with E-state index in [1.165, 1.54) is 0 Å². The second-order valence-corrected chi connectivity index (χ2v) is 6.18. The first-order chi connectivity index (χ1) is 12.4. The van der Waals surface area contributed by atoms with Gasteiger partial charge in [0.25, 0.3) is 5.91 Å². The number of amides is 2. The van der Waals surface area contributed by atoms with Crippen molar-refractivity contribution in [3.05, 3.63) is 59.7 Å². The van der Waals surface area contributed by atoms with Crippen molar-refractivity contribution in [2.45, 2.75) is 26.3 Å². The lowest BCUT2D eigenvalue weighted by Gasteiger charge is -2.10. The van der Waals surface area contributed by atoms with E-state index in [2.05, 4.69) is 10.6 Å². The van der Waals surface area contributed by atoms with Gasteiger partial charge in [0.1, 0.15) is 5.75 Å². The first kappa shape index (κ1) is 22.5. The van der Waals surface area contributed by atoms with Crippen LogP contribution in [0.2, 0.25) is 0 Å². The maximum absolute atomic E-state index is 11.9. The Morgan fingerprint density at radius 1 is 1.15 bits per heavy atom. The van der Waals surface area contributed by atoms with Crippen molar-refractivity contribution in [1.82, 2.24) is 5.32 Å². The minimum atomic E-state index is -0.503. The Balaban J connectivity index is 0.00000364. The van der Waals surface area contributed by atoms with E-state index in [1.807, 2.05) is 55.5 Å². The molecular weight excluding hydrogens is 366 g/mol. The Bertz CT molecular complexity index is 748. The molecule has 0 spiro atoms. The number of carbonyl (C=O) groups excluding carboxylic acids is 2. The molecule has 2 aromatic carbocycles. The minimum absolute atomic E-state index is 0. The molecule has 7 heteroatoms.